The average molecular weight is 326 g/mol. The molecule has 3 rings (SSSR count). The molecule has 0 aromatic heterocycles. The summed E-state index contributed by atoms with van der Waals surface area (Å²) in [4.78, 5) is 14.4. The minimum Gasteiger partial charge on any atom is -0.325 e. The number of halogens is 2. The number of fused-ring (bicyclic) bond motifs is 2. The number of piperidine rings is 1. The van der Waals surface area contributed by atoms with Crippen molar-refractivity contribution in [1.82, 2.24) is 4.90 Å². The molecule has 2 aliphatic rings. The van der Waals surface area contributed by atoms with Crippen LogP contribution in [0, 0.1) is 0 Å². The van der Waals surface area contributed by atoms with Crippen molar-refractivity contribution in [2.45, 2.75) is 52.4 Å². The lowest BCUT2D eigenvalue weighted by atomic mass is 9.73. The normalized spacial score (nSPS) is 18.5. The van der Waals surface area contributed by atoms with E-state index in [9.17, 15) is 13.6 Å². The highest BCUT2D eigenvalue weighted by Crippen LogP contribution is 2.45. The Labute approximate surface area is 138 Å². The molecule has 2 aliphatic heterocycles. The topological polar surface area (TPSA) is 32.3 Å². The zero-order valence-electron chi connectivity index (χ0n) is 14.7. The maximum absolute atomic E-state index is 12.8. The van der Waals surface area contributed by atoms with Crippen molar-refractivity contribution in [1.29, 1.82) is 0 Å². The van der Waals surface area contributed by atoms with Crippen molar-refractivity contribution in [3.8, 4) is 0 Å². The van der Waals surface area contributed by atoms with Gasteiger partial charge in [-0.15, -0.1) is 0 Å². The first-order valence-electron chi connectivity index (χ1n) is 8.45. The number of amides is 1. The fourth-order valence-electron chi connectivity index (χ4n) is 3.06. The average Bonchev–Trinajstić information content (AvgIpc) is 2.85. The molecule has 2 heterocycles. The van der Waals surface area contributed by atoms with Gasteiger partial charge < -0.3 is 10.2 Å². The van der Waals surface area contributed by atoms with Crippen LogP contribution in [0.2, 0.25) is 0 Å². The Morgan fingerprint density at radius 1 is 1.13 bits per heavy atom. The summed E-state index contributed by atoms with van der Waals surface area (Å²) >= 11 is 0. The van der Waals surface area contributed by atoms with Gasteiger partial charge in [-0.2, -0.15) is 0 Å². The highest BCUT2D eigenvalue weighted by Gasteiger charge is 2.48. The first-order chi connectivity index (χ1) is 11.0. The van der Waals surface area contributed by atoms with E-state index in [-0.39, 0.29) is 11.5 Å². The number of nitrogens with zero attached hydrogens (tertiary/aromatic N) is 1. The predicted octanol–water partition coefficient (Wildman–Crippen LogP) is 4.59. The Kier molecular flexibility index (Phi) is 7.13. The number of carbonyl (C=O) groups excluding carboxylic acids is 1. The van der Waals surface area contributed by atoms with Gasteiger partial charge in [0.25, 0.3) is 6.43 Å². The summed E-state index contributed by atoms with van der Waals surface area (Å²) in [6.45, 7) is 9.62. The fourth-order valence-corrected chi connectivity index (χ4v) is 3.06. The third-order valence-corrected chi connectivity index (χ3v) is 4.33. The van der Waals surface area contributed by atoms with Crippen LogP contribution < -0.4 is 5.32 Å². The van der Waals surface area contributed by atoms with Crippen molar-refractivity contribution in [3.05, 3.63) is 29.3 Å². The van der Waals surface area contributed by atoms with Gasteiger partial charge in [-0.25, -0.2) is 8.78 Å². The summed E-state index contributed by atoms with van der Waals surface area (Å²) < 4.78 is 25.7. The number of hydrogen-bond donors (Lipinski definition) is 1. The smallest absolute Gasteiger partial charge is 0.263 e. The van der Waals surface area contributed by atoms with E-state index in [1.54, 1.807) is 6.07 Å². The van der Waals surface area contributed by atoms with E-state index in [1.807, 2.05) is 34.7 Å². The molecule has 130 valence electrons. The molecule has 1 N–H and O–H groups in total. The monoisotopic (exact) mass is 326 g/mol. The van der Waals surface area contributed by atoms with Crippen LogP contribution in [0.5, 0.6) is 0 Å². The van der Waals surface area contributed by atoms with Gasteiger partial charge in [-0.05, 0) is 50.7 Å². The van der Waals surface area contributed by atoms with Crippen molar-refractivity contribution in [2.75, 3.05) is 25.5 Å². The van der Waals surface area contributed by atoms with E-state index in [2.05, 4.69) is 10.2 Å². The maximum atomic E-state index is 12.8. The van der Waals surface area contributed by atoms with Gasteiger partial charge in [-0.1, -0.05) is 33.8 Å². The van der Waals surface area contributed by atoms with E-state index in [1.165, 1.54) is 12.1 Å². The minimum atomic E-state index is -2.50. The summed E-state index contributed by atoms with van der Waals surface area (Å²) in [6, 6.07) is 4.49. The molecule has 1 saturated heterocycles. The van der Waals surface area contributed by atoms with Crippen molar-refractivity contribution < 1.29 is 13.6 Å². The second-order valence-corrected chi connectivity index (χ2v) is 5.45. The van der Waals surface area contributed by atoms with Gasteiger partial charge >= 0.3 is 0 Å². The van der Waals surface area contributed by atoms with Crippen LogP contribution in [0.3, 0.4) is 0 Å². The molecule has 0 aliphatic carbocycles. The summed E-state index contributed by atoms with van der Waals surface area (Å²) in [5.41, 5.74) is 0.836. The zero-order valence-corrected chi connectivity index (χ0v) is 14.7. The standard InChI is InChI=1S/C14H16F2N2O.2C2H6/c1-18-6-4-14(5-7-18)10-8-9(12(15)16)2-3-11(10)17-13(14)19;2*1-2/h2-3,8,12H,4-7H2,1H3,(H,17,19);2*1-2H3. The van der Waals surface area contributed by atoms with E-state index in [0.717, 1.165) is 18.7 Å². The minimum absolute atomic E-state index is 0.00597. The quantitative estimate of drug-likeness (QED) is 0.818. The Morgan fingerprint density at radius 2 is 1.70 bits per heavy atom. The van der Waals surface area contributed by atoms with E-state index in [0.29, 0.717) is 18.5 Å². The van der Waals surface area contributed by atoms with Crippen LogP contribution in [-0.4, -0.2) is 30.9 Å². The molecule has 1 aromatic carbocycles. The molecule has 1 fully saturated rings. The fraction of sp³-hybridized carbons (Fsp3) is 0.611. The molecular formula is C18H28F2N2O. The highest BCUT2D eigenvalue weighted by molar-refractivity contribution is 6.06. The molecular weight excluding hydrogens is 298 g/mol. The lowest BCUT2D eigenvalue weighted by Crippen LogP contribution is -2.45. The first kappa shape index (κ1) is 19.6. The van der Waals surface area contributed by atoms with E-state index in [4.69, 9.17) is 0 Å². The molecule has 1 amide bonds. The van der Waals surface area contributed by atoms with Crippen LogP contribution in [0.25, 0.3) is 0 Å². The van der Waals surface area contributed by atoms with Gasteiger partial charge in [0.05, 0.1) is 5.41 Å². The number of carbonyl (C=O) groups is 1. The Hall–Kier alpha value is -1.49. The van der Waals surface area contributed by atoms with Crippen LogP contribution in [0.1, 0.15) is 58.1 Å². The third kappa shape index (κ3) is 3.71. The molecule has 1 spiro atoms. The van der Waals surface area contributed by atoms with Crippen LogP contribution in [-0.2, 0) is 10.2 Å². The molecule has 5 heteroatoms. The van der Waals surface area contributed by atoms with Gasteiger partial charge in [0, 0.05) is 11.3 Å². The lowest BCUT2D eigenvalue weighted by molar-refractivity contribution is -0.122. The molecule has 0 atom stereocenters. The number of anilines is 1. The summed E-state index contributed by atoms with van der Waals surface area (Å²) in [6.07, 6.45) is -1.12. The number of rotatable bonds is 1. The largest absolute Gasteiger partial charge is 0.325 e. The molecule has 0 bridgehead atoms. The summed E-state index contributed by atoms with van der Waals surface area (Å²) in [5.74, 6) is -0.0398. The lowest BCUT2D eigenvalue weighted by Gasteiger charge is -2.36. The van der Waals surface area contributed by atoms with Crippen molar-refractivity contribution in [2.24, 2.45) is 0 Å². The molecule has 0 saturated carbocycles. The number of likely N-dealkylation sites (tertiary alicyclic amines) is 1. The van der Waals surface area contributed by atoms with E-state index < -0.39 is 11.8 Å². The van der Waals surface area contributed by atoms with Crippen LogP contribution in [0.15, 0.2) is 18.2 Å². The van der Waals surface area contributed by atoms with Gasteiger partial charge in [-0.3, -0.25) is 4.79 Å². The SMILES string of the molecule is CC.CC.CN1CCC2(CC1)C(=O)Nc1ccc(C(F)F)cc12. The van der Waals surface area contributed by atoms with Gasteiger partial charge in [0.1, 0.15) is 0 Å². The number of nitrogens with one attached hydrogen (secondary N) is 1. The number of alkyl halides is 2. The zero-order chi connectivity index (χ0) is 17.6. The third-order valence-electron chi connectivity index (χ3n) is 4.33. The summed E-state index contributed by atoms with van der Waals surface area (Å²) in [5, 5.41) is 2.84. The summed E-state index contributed by atoms with van der Waals surface area (Å²) in [7, 11) is 2.01. The van der Waals surface area contributed by atoms with E-state index >= 15 is 0 Å². The highest BCUT2D eigenvalue weighted by atomic mass is 19.3. The van der Waals surface area contributed by atoms with Crippen LogP contribution >= 0.6 is 0 Å². The van der Waals surface area contributed by atoms with Gasteiger partial charge in [0.15, 0.2) is 0 Å². The maximum Gasteiger partial charge on any atom is 0.263 e. The molecule has 0 unspecified atom stereocenters. The first-order valence-corrected chi connectivity index (χ1v) is 8.45. The second kappa shape index (κ2) is 8.39. The number of benzene rings is 1. The molecule has 1 aromatic rings. The molecule has 0 radical (unpaired) electrons. The molecule has 23 heavy (non-hydrogen) atoms. The van der Waals surface area contributed by atoms with Crippen LogP contribution in [0.4, 0.5) is 14.5 Å². The predicted molar refractivity (Wildman–Crippen MR) is 91.1 cm³/mol. The second-order valence-electron chi connectivity index (χ2n) is 5.45. The van der Waals surface area contributed by atoms with Gasteiger partial charge in [0.2, 0.25) is 5.91 Å². The number of hydrogen-bond acceptors (Lipinski definition) is 2. The van der Waals surface area contributed by atoms with Crippen molar-refractivity contribution >= 4 is 11.6 Å². The Bertz CT molecular complexity index is 524. The Morgan fingerprint density at radius 3 is 2.22 bits per heavy atom. The Balaban J connectivity index is 0.000000615. The van der Waals surface area contributed by atoms with Crippen molar-refractivity contribution in [3.63, 3.8) is 0 Å². The molecule has 3 nitrogen and oxygen atoms in total.